The van der Waals surface area contributed by atoms with Gasteiger partial charge in [0.2, 0.25) is 0 Å². The summed E-state index contributed by atoms with van der Waals surface area (Å²) in [5, 5.41) is 5.54. The predicted octanol–water partition coefficient (Wildman–Crippen LogP) is 4.26. The first-order valence-corrected chi connectivity index (χ1v) is 10.6. The van der Waals surface area contributed by atoms with E-state index in [0.717, 1.165) is 24.0 Å². The van der Waals surface area contributed by atoms with Gasteiger partial charge in [-0.05, 0) is 29.5 Å². The fourth-order valence-corrected chi connectivity index (χ4v) is 5.12. The molecule has 0 aromatic heterocycles. The van der Waals surface area contributed by atoms with Crippen LogP contribution in [0.4, 0.5) is 4.79 Å². The van der Waals surface area contributed by atoms with Gasteiger partial charge in [-0.2, -0.15) is 0 Å². The number of nitrogens with one attached hydrogen (secondary N) is 2. The molecule has 2 heterocycles. The highest BCUT2D eigenvalue weighted by atomic mass is 16.2. The number of hydrazine groups is 1. The Morgan fingerprint density at radius 2 is 1.79 bits per heavy atom. The van der Waals surface area contributed by atoms with Crippen LogP contribution in [-0.2, 0) is 6.54 Å². The lowest BCUT2D eigenvalue weighted by Crippen LogP contribution is -2.65. The number of hydrogen-bond acceptors (Lipinski definition) is 3. The number of nitrogens with zero attached hydrogens (tertiary/aromatic N) is 2. The minimum atomic E-state index is -0.0282. The fraction of sp³-hybridized carbons (Fsp3) is 0.375. The zero-order valence-electron chi connectivity index (χ0n) is 16.6. The summed E-state index contributed by atoms with van der Waals surface area (Å²) in [6.45, 7) is 4.48. The number of carbonyl (C=O) groups excluding carboxylic acids is 1. The van der Waals surface area contributed by atoms with Gasteiger partial charge in [0.05, 0.1) is 0 Å². The summed E-state index contributed by atoms with van der Waals surface area (Å²) in [5.74, 6) is 0.440. The molecule has 5 rings (SSSR count). The molecule has 0 bridgehead atoms. The topological polar surface area (TPSA) is 47.6 Å². The Morgan fingerprint density at radius 3 is 2.55 bits per heavy atom. The van der Waals surface area contributed by atoms with Crippen LogP contribution in [0.5, 0.6) is 0 Å². The van der Waals surface area contributed by atoms with Crippen LogP contribution in [0.2, 0.25) is 0 Å². The number of rotatable bonds is 4. The van der Waals surface area contributed by atoms with Gasteiger partial charge in [0.1, 0.15) is 12.3 Å². The molecule has 2 aliphatic heterocycles. The number of carbonyl (C=O) groups is 1. The average Bonchev–Trinajstić information content (AvgIpc) is 3.24. The molecule has 4 unspecified atom stereocenters. The lowest BCUT2D eigenvalue weighted by molar-refractivity contribution is -0.00377. The van der Waals surface area contributed by atoms with Crippen molar-refractivity contribution in [3.63, 3.8) is 0 Å². The summed E-state index contributed by atoms with van der Waals surface area (Å²) in [4.78, 5) is 15.6. The Hall–Kier alpha value is -2.63. The third-order valence-corrected chi connectivity index (χ3v) is 6.62. The van der Waals surface area contributed by atoms with E-state index in [9.17, 15) is 4.79 Å². The highest BCUT2D eigenvalue weighted by molar-refractivity contribution is 5.76. The van der Waals surface area contributed by atoms with Crippen LogP contribution in [0, 0.1) is 5.92 Å². The summed E-state index contributed by atoms with van der Waals surface area (Å²) < 4.78 is 0. The largest absolute Gasteiger partial charge is 0.336 e. The van der Waals surface area contributed by atoms with Crippen LogP contribution < -0.4 is 10.7 Å². The van der Waals surface area contributed by atoms with Gasteiger partial charge in [-0.3, -0.25) is 5.32 Å². The zero-order valence-corrected chi connectivity index (χ0v) is 16.6. The van der Waals surface area contributed by atoms with Crippen molar-refractivity contribution in [3.05, 3.63) is 77.9 Å². The molecule has 3 fully saturated rings. The maximum absolute atomic E-state index is 13.5. The molecule has 2 amide bonds. The van der Waals surface area contributed by atoms with Gasteiger partial charge < -0.3 is 4.90 Å². The Morgan fingerprint density at radius 1 is 1.03 bits per heavy atom. The highest BCUT2D eigenvalue weighted by Crippen LogP contribution is 2.39. The molecule has 150 valence electrons. The van der Waals surface area contributed by atoms with E-state index in [1.165, 1.54) is 18.4 Å². The average molecular weight is 389 g/mol. The minimum Gasteiger partial charge on any atom is -0.316 e. The van der Waals surface area contributed by atoms with Crippen molar-refractivity contribution < 1.29 is 4.79 Å². The van der Waals surface area contributed by atoms with Gasteiger partial charge in [0, 0.05) is 18.5 Å². The number of benzene rings is 2. The standard InChI is InChI=1S/C24H28N4O/c1-2-17-12-14-18(15-13-17)16-27-21-11-7-6-10-20(21)23-25-22(26-28(23)24(27)29)19-8-4-3-5-9-19/h2-5,8-9,12-15,20-23,25-26H,1,6-7,10-11,16H2. The van der Waals surface area contributed by atoms with Crippen LogP contribution in [0.25, 0.3) is 6.08 Å². The minimum absolute atomic E-state index is 0.0282. The van der Waals surface area contributed by atoms with E-state index >= 15 is 0 Å². The first kappa shape index (κ1) is 18.4. The summed E-state index contributed by atoms with van der Waals surface area (Å²) in [5.41, 5.74) is 6.87. The molecular formula is C24H28N4O. The van der Waals surface area contributed by atoms with Gasteiger partial charge in [-0.15, -0.1) is 0 Å². The van der Waals surface area contributed by atoms with E-state index in [-0.39, 0.29) is 18.4 Å². The fourth-order valence-electron chi connectivity index (χ4n) is 5.12. The van der Waals surface area contributed by atoms with Crippen LogP contribution in [0.1, 0.15) is 48.5 Å². The Balaban J connectivity index is 1.41. The van der Waals surface area contributed by atoms with Crippen LogP contribution in [0.15, 0.2) is 61.2 Å². The number of urea groups is 1. The molecule has 2 saturated heterocycles. The molecular weight excluding hydrogens is 360 g/mol. The smallest absolute Gasteiger partial charge is 0.316 e. The maximum Gasteiger partial charge on any atom is 0.336 e. The molecule has 0 spiro atoms. The van der Waals surface area contributed by atoms with E-state index in [1.54, 1.807) is 0 Å². The third kappa shape index (κ3) is 3.34. The summed E-state index contributed by atoms with van der Waals surface area (Å²) in [6, 6.07) is 19.0. The molecule has 29 heavy (non-hydrogen) atoms. The quantitative estimate of drug-likeness (QED) is 0.823. The van der Waals surface area contributed by atoms with Crippen molar-refractivity contribution in [2.45, 2.75) is 50.6 Å². The van der Waals surface area contributed by atoms with Crippen LogP contribution in [0.3, 0.4) is 0 Å². The van der Waals surface area contributed by atoms with Crippen LogP contribution >= 0.6 is 0 Å². The van der Waals surface area contributed by atoms with Gasteiger partial charge >= 0.3 is 6.03 Å². The van der Waals surface area contributed by atoms with E-state index < -0.39 is 0 Å². The van der Waals surface area contributed by atoms with Crippen molar-refractivity contribution in [1.82, 2.24) is 20.7 Å². The van der Waals surface area contributed by atoms with E-state index in [1.807, 2.05) is 29.3 Å². The second kappa shape index (κ2) is 7.65. The molecule has 5 nitrogen and oxygen atoms in total. The predicted molar refractivity (Wildman–Crippen MR) is 114 cm³/mol. The Bertz CT molecular complexity index is 882. The first-order valence-electron chi connectivity index (χ1n) is 10.6. The highest BCUT2D eigenvalue weighted by Gasteiger charge is 2.51. The summed E-state index contributed by atoms with van der Waals surface area (Å²) >= 11 is 0. The molecule has 2 N–H and O–H groups in total. The Labute approximate surface area is 172 Å². The lowest BCUT2D eigenvalue weighted by Gasteiger charge is -2.49. The van der Waals surface area contributed by atoms with Gasteiger partial charge in [0.15, 0.2) is 0 Å². The summed E-state index contributed by atoms with van der Waals surface area (Å²) in [7, 11) is 0. The van der Waals surface area contributed by atoms with Crippen molar-refractivity contribution in [1.29, 1.82) is 0 Å². The van der Waals surface area contributed by atoms with Crippen molar-refractivity contribution >= 4 is 12.1 Å². The normalized spacial score (nSPS) is 28.8. The molecule has 5 heteroatoms. The molecule has 2 aromatic rings. The molecule has 4 atom stereocenters. The lowest BCUT2D eigenvalue weighted by atomic mass is 9.80. The third-order valence-electron chi connectivity index (χ3n) is 6.62. The van der Waals surface area contributed by atoms with Gasteiger partial charge in [0.25, 0.3) is 0 Å². The second-order valence-corrected chi connectivity index (χ2v) is 8.33. The molecule has 1 saturated carbocycles. The monoisotopic (exact) mass is 388 g/mol. The number of fused-ring (bicyclic) bond motifs is 3. The van der Waals surface area contributed by atoms with E-state index in [0.29, 0.717) is 18.5 Å². The van der Waals surface area contributed by atoms with Crippen molar-refractivity contribution in [2.75, 3.05) is 0 Å². The van der Waals surface area contributed by atoms with E-state index in [2.05, 4.69) is 58.6 Å². The maximum atomic E-state index is 13.5. The molecule has 3 aliphatic rings. The van der Waals surface area contributed by atoms with Crippen molar-refractivity contribution in [3.8, 4) is 0 Å². The van der Waals surface area contributed by atoms with Crippen LogP contribution in [-0.4, -0.2) is 28.1 Å². The summed E-state index contributed by atoms with van der Waals surface area (Å²) in [6.07, 6.45) is 6.55. The van der Waals surface area contributed by atoms with E-state index in [4.69, 9.17) is 0 Å². The van der Waals surface area contributed by atoms with Gasteiger partial charge in [-0.1, -0.05) is 80.1 Å². The number of hydrogen-bond donors (Lipinski definition) is 2. The number of amides is 2. The molecule has 1 aliphatic carbocycles. The first-order chi connectivity index (χ1) is 14.2. The molecule has 2 aromatic carbocycles. The second-order valence-electron chi connectivity index (χ2n) is 8.33. The molecule has 0 radical (unpaired) electrons. The Kier molecular flexibility index (Phi) is 4.86. The van der Waals surface area contributed by atoms with Crippen molar-refractivity contribution in [2.24, 2.45) is 5.92 Å². The zero-order chi connectivity index (χ0) is 19.8. The van der Waals surface area contributed by atoms with Gasteiger partial charge in [-0.25, -0.2) is 15.2 Å². The SMILES string of the molecule is C=Cc1ccc(CN2C(=O)N3NC(c4ccccc4)NC3C3CCCCC32)cc1.